The quantitative estimate of drug-likeness (QED) is 0.820. The van der Waals surface area contributed by atoms with E-state index in [2.05, 4.69) is 13.8 Å². The van der Waals surface area contributed by atoms with Gasteiger partial charge in [0.2, 0.25) is 0 Å². The van der Waals surface area contributed by atoms with Crippen molar-refractivity contribution in [2.75, 3.05) is 0 Å². The van der Waals surface area contributed by atoms with Gasteiger partial charge < -0.3 is 5.73 Å². The lowest BCUT2D eigenvalue weighted by Gasteiger charge is -2.13. The molecule has 1 aromatic carbocycles. The third kappa shape index (κ3) is 4.27. The van der Waals surface area contributed by atoms with Crippen molar-refractivity contribution in [1.82, 2.24) is 0 Å². The summed E-state index contributed by atoms with van der Waals surface area (Å²) in [7, 11) is 0. The van der Waals surface area contributed by atoms with E-state index in [0.717, 1.165) is 24.5 Å². The highest BCUT2D eigenvalue weighted by Crippen LogP contribution is 2.13. The smallest absolute Gasteiger partial charge is 0.159 e. The van der Waals surface area contributed by atoms with Gasteiger partial charge in [0.05, 0.1) is 0 Å². The van der Waals surface area contributed by atoms with Gasteiger partial charge in [0.25, 0.3) is 0 Å². The zero-order valence-electron chi connectivity index (χ0n) is 9.84. The Kier molecular flexibility index (Phi) is 4.87. The van der Waals surface area contributed by atoms with E-state index in [1.54, 1.807) is 6.07 Å². The molecule has 0 saturated heterocycles. The van der Waals surface area contributed by atoms with E-state index in [4.69, 9.17) is 5.73 Å². The maximum atomic E-state index is 12.9. The van der Waals surface area contributed by atoms with E-state index >= 15 is 0 Å². The number of benzene rings is 1. The van der Waals surface area contributed by atoms with Crippen LogP contribution in [0.2, 0.25) is 0 Å². The average Bonchev–Trinajstić information content (AvgIpc) is 2.21. The minimum absolute atomic E-state index is 0.0206. The van der Waals surface area contributed by atoms with Crippen LogP contribution in [-0.4, -0.2) is 6.04 Å². The van der Waals surface area contributed by atoms with Gasteiger partial charge in [-0.05, 0) is 42.9 Å². The maximum absolute atomic E-state index is 12.9. The van der Waals surface area contributed by atoms with Crippen LogP contribution in [0.4, 0.5) is 8.78 Å². The Bertz CT molecular complexity index is 337. The highest BCUT2D eigenvalue weighted by Gasteiger charge is 2.08. The molecule has 0 fully saturated rings. The molecule has 1 aromatic rings. The molecule has 1 rings (SSSR count). The van der Waals surface area contributed by atoms with Crippen LogP contribution < -0.4 is 5.73 Å². The summed E-state index contributed by atoms with van der Waals surface area (Å²) < 4.78 is 25.6. The Morgan fingerprint density at radius 3 is 2.38 bits per heavy atom. The molecule has 0 aromatic heterocycles. The number of halogens is 2. The molecule has 0 bridgehead atoms. The van der Waals surface area contributed by atoms with E-state index < -0.39 is 11.6 Å². The van der Waals surface area contributed by atoms with Crippen molar-refractivity contribution in [1.29, 1.82) is 0 Å². The lowest BCUT2D eigenvalue weighted by Crippen LogP contribution is -2.23. The Morgan fingerprint density at radius 2 is 1.81 bits per heavy atom. The molecule has 0 spiro atoms. The normalized spacial score (nSPS) is 13.1. The maximum Gasteiger partial charge on any atom is 0.159 e. The summed E-state index contributed by atoms with van der Waals surface area (Å²) in [4.78, 5) is 0. The van der Waals surface area contributed by atoms with Gasteiger partial charge in [-0.1, -0.05) is 19.9 Å². The molecule has 2 N–H and O–H groups in total. The Balaban J connectivity index is 2.49. The van der Waals surface area contributed by atoms with E-state index in [0.29, 0.717) is 12.3 Å². The minimum atomic E-state index is -0.806. The predicted molar refractivity (Wildman–Crippen MR) is 62.1 cm³/mol. The molecule has 0 aliphatic rings. The van der Waals surface area contributed by atoms with Gasteiger partial charge in [0.15, 0.2) is 11.6 Å². The molecule has 16 heavy (non-hydrogen) atoms. The molecule has 90 valence electrons. The molecule has 0 aliphatic heterocycles. The topological polar surface area (TPSA) is 26.0 Å². The lowest BCUT2D eigenvalue weighted by molar-refractivity contribution is 0.488. The second kappa shape index (κ2) is 5.94. The number of hydrogen-bond donors (Lipinski definition) is 1. The van der Waals surface area contributed by atoms with Gasteiger partial charge in [-0.2, -0.15) is 0 Å². The highest BCUT2D eigenvalue weighted by atomic mass is 19.2. The summed E-state index contributed by atoms with van der Waals surface area (Å²) in [6.07, 6.45) is 2.57. The third-order valence-electron chi connectivity index (χ3n) is 2.60. The second-order valence-electron chi connectivity index (χ2n) is 4.68. The monoisotopic (exact) mass is 227 g/mol. The van der Waals surface area contributed by atoms with Gasteiger partial charge in [0.1, 0.15) is 0 Å². The molecule has 3 heteroatoms. The molecule has 0 heterocycles. The summed E-state index contributed by atoms with van der Waals surface area (Å²) in [5, 5.41) is 0. The van der Waals surface area contributed by atoms with E-state index in [1.165, 1.54) is 6.07 Å². The fraction of sp³-hybridized carbons (Fsp3) is 0.538. The molecule has 0 saturated carbocycles. The molecule has 0 aliphatic carbocycles. The van der Waals surface area contributed by atoms with Crippen LogP contribution in [0.5, 0.6) is 0 Å². The summed E-state index contributed by atoms with van der Waals surface area (Å²) in [6.45, 7) is 4.29. The predicted octanol–water partition coefficient (Wildman–Crippen LogP) is 3.27. The summed E-state index contributed by atoms with van der Waals surface area (Å²) in [5.41, 5.74) is 6.69. The van der Waals surface area contributed by atoms with Crippen molar-refractivity contribution >= 4 is 0 Å². The van der Waals surface area contributed by atoms with Crippen LogP contribution in [-0.2, 0) is 6.42 Å². The number of hydrogen-bond acceptors (Lipinski definition) is 1. The molecular weight excluding hydrogens is 208 g/mol. The SMILES string of the molecule is CC(C)CCC(N)Cc1ccc(F)c(F)c1. The van der Waals surface area contributed by atoms with Crippen LogP contribution in [0, 0.1) is 17.6 Å². The molecule has 1 atom stereocenters. The lowest BCUT2D eigenvalue weighted by atomic mass is 9.98. The third-order valence-corrected chi connectivity index (χ3v) is 2.60. The van der Waals surface area contributed by atoms with E-state index in [9.17, 15) is 8.78 Å². The first-order chi connectivity index (χ1) is 7.49. The Morgan fingerprint density at radius 1 is 1.12 bits per heavy atom. The second-order valence-corrected chi connectivity index (χ2v) is 4.68. The van der Waals surface area contributed by atoms with Crippen molar-refractivity contribution in [2.24, 2.45) is 11.7 Å². The molecular formula is C13H19F2N. The summed E-state index contributed by atoms with van der Waals surface area (Å²) >= 11 is 0. The van der Waals surface area contributed by atoms with E-state index in [-0.39, 0.29) is 6.04 Å². The van der Waals surface area contributed by atoms with Gasteiger partial charge in [0, 0.05) is 6.04 Å². The van der Waals surface area contributed by atoms with Gasteiger partial charge in [-0.3, -0.25) is 0 Å². The minimum Gasteiger partial charge on any atom is -0.327 e. The molecule has 1 unspecified atom stereocenters. The fourth-order valence-corrected chi connectivity index (χ4v) is 1.62. The van der Waals surface area contributed by atoms with Crippen LogP contribution in [0.3, 0.4) is 0 Å². The first kappa shape index (κ1) is 13.1. The standard InChI is InChI=1S/C13H19F2N/c1-9(2)3-5-11(16)7-10-4-6-12(14)13(15)8-10/h4,6,8-9,11H,3,5,7,16H2,1-2H3. The van der Waals surface area contributed by atoms with Crippen molar-refractivity contribution in [2.45, 2.75) is 39.2 Å². The van der Waals surface area contributed by atoms with Gasteiger partial charge >= 0.3 is 0 Å². The van der Waals surface area contributed by atoms with Crippen LogP contribution >= 0.6 is 0 Å². The highest BCUT2D eigenvalue weighted by molar-refractivity contribution is 5.18. The van der Waals surface area contributed by atoms with Crippen LogP contribution in [0.15, 0.2) is 18.2 Å². The number of rotatable bonds is 5. The Labute approximate surface area is 95.7 Å². The van der Waals surface area contributed by atoms with Gasteiger partial charge in [-0.15, -0.1) is 0 Å². The molecule has 0 radical (unpaired) electrons. The van der Waals surface area contributed by atoms with Gasteiger partial charge in [-0.25, -0.2) is 8.78 Å². The molecule has 1 nitrogen and oxygen atoms in total. The Hall–Kier alpha value is -0.960. The first-order valence-electron chi connectivity index (χ1n) is 5.68. The van der Waals surface area contributed by atoms with E-state index in [1.807, 2.05) is 0 Å². The summed E-state index contributed by atoms with van der Waals surface area (Å²) in [5.74, 6) is -0.982. The van der Waals surface area contributed by atoms with Crippen LogP contribution in [0.25, 0.3) is 0 Å². The fourth-order valence-electron chi connectivity index (χ4n) is 1.62. The zero-order chi connectivity index (χ0) is 12.1. The first-order valence-corrected chi connectivity index (χ1v) is 5.68. The molecule has 0 amide bonds. The van der Waals surface area contributed by atoms with Crippen molar-refractivity contribution in [3.8, 4) is 0 Å². The largest absolute Gasteiger partial charge is 0.327 e. The average molecular weight is 227 g/mol. The number of nitrogens with two attached hydrogens (primary N) is 1. The van der Waals surface area contributed by atoms with Crippen LogP contribution in [0.1, 0.15) is 32.3 Å². The summed E-state index contributed by atoms with van der Waals surface area (Å²) in [6, 6.07) is 3.99. The van der Waals surface area contributed by atoms with Crippen molar-refractivity contribution in [3.05, 3.63) is 35.4 Å². The zero-order valence-corrected chi connectivity index (χ0v) is 9.84. The van der Waals surface area contributed by atoms with Crippen molar-refractivity contribution < 1.29 is 8.78 Å². The van der Waals surface area contributed by atoms with Crippen molar-refractivity contribution in [3.63, 3.8) is 0 Å².